The molecule has 0 amide bonds. The molecule has 2 rings (SSSR count). The molecule has 1 aromatic rings. The van der Waals surface area contributed by atoms with Crippen LogP contribution < -0.4 is 4.74 Å². The lowest BCUT2D eigenvalue weighted by Gasteiger charge is -2.27. The third-order valence-corrected chi connectivity index (χ3v) is 6.02. The third-order valence-electron chi connectivity index (χ3n) is 6.02. The molecule has 0 radical (unpaired) electrons. The average molecular weight is 374 g/mol. The number of ether oxygens (including phenoxy) is 1. The Bertz CT molecular complexity index is 518. The summed E-state index contributed by atoms with van der Waals surface area (Å²) >= 11 is 0. The molecule has 0 N–H and O–H groups in total. The topological polar surface area (TPSA) is 39.2 Å². The smallest absolute Gasteiger partial charge is 0.314 e. The molecule has 27 heavy (non-hydrogen) atoms. The Labute approximate surface area is 166 Å². The zero-order chi connectivity index (χ0) is 19.3. The summed E-state index contributed by atoms with van der Waals surface area (Å²) in [5.41, 5.74) is 1.02. The first kappa shape index (κ1) is 21.9. The fraction of sp³-hybridized carbons (Fsp3) is 0.750. The number of hydrogen-bond acceptors (Lipinski definition) is 3. The van der Waals surface area contributed by atoms with Gasteiger partial charge in [-0.1, -0.05) is 71.6 Å². The van der Waals surface area contributed by atoms with Gasteiger partial charge in [-0.2, -0.15) is 0 Å². The van der Waals surface area contributed by atoms with Crippen molar-refractivity contribution in [2.24, 2.45) is 11.8 Å². The normalized spacial score (nSPS) is 19.8. The summed E-state index contributed by atoms with van der Waals surface area (Å²) < 4.78 is 5.54. The fourth-order valence-corrected chi connectivity index (χ4v) is 4.13. The van der Waals surface area contributed by atoms with Crippen molar-refractivity contribution < 1.29 is 9.53 Å². The Morgan fingerprint density at radius 3 is 2.22 bits per heavy atom. The summed E-state index contributed by atoms with van der Waals surface area (Å²) in [7, 11) is 0. The van der Waals surface area contributed by atoms with Crippen molar-refractivity contribution in [3.8, 4) is 5.75 Å². The van der Waals surface area contributed by atoms with Crippen molar-refractivity contribution in [2.75, 3.05) is 0 Å². The molecule has 1 heterocycles. The number of esters is 1. The van der Waals surface area contributed by atoms with E-state index >= 15 is 0 Å². The van der Waals surface area contributed by atoms with Crippen LogP contribution in [-0.2, 0) is 11.2 Å². The summed E-state index contributed by atoms with van der Waals surface area (Å²) in [6.45, 7) is 4.34. The van der Waals surface area contributed by atoms with E-state index in [4.69, 9.17) is 4.74 Å². The van der Waals surface area contributed by atoms with Crippen molar-refractivity contribution in [3.05, 3.63) is 24.0 Å². The van der Waals surface area contributed by atoms with Gasteiger partial charge in [0.25, 0.3) is 0 Å². The van der Waals surface area contributed by atoms with Crippen molar-refractivity contribution in [1.82, 2.24) is 4.98 Å². The quantitative estimate of drug-likeness (QED) is 0.296. The Kier molecular flexibility index (Phi) is 10.5. The van der Waals surface area contributed by atoms with Crippen LogP contribution in [0.2, 0.25) is 0 Å². The predicted octanol–water partition coefficient (Wildman–Crippen LogP) is 6.89. The van der Waals surface area contributed by atoms with Crippen LogP contribution in [-0.4, -0.2) is 11.0 Å². The van der Waals surface area contributed by atoms with Crippen LogP contribution in [0.15, 0.2) is 18.3 Å². The molecule has 1 aliphatic carbocycles. The van der Waals surface area contributed by atoms with Crippen molar-refractivity contribution in [1.29, 1.82) is 0 Å². The first-order valence-electron chi connectivity index (χ1n) is 11.4. The minimum absolute atomic E-state index is 0.0634. The summed E-state index contributed by atoms with van der Waals surface area (Å²) in [5.74, 6) is 1.41. The third kappa shape index (κ3) is 8.45. The zero-order valence-electron chi connectivity index (χ0n) is 17.5. The Morgan fingerprint density at radius 1 is 0.963 bits per heavy atom. The lowest BCUT2D eigenvalue weighted by atomic mass is 9.80. The monoisotopic (exact) mass is 373 g/mol. The largest absolute Gasteiger partial charge is 0.425 e. The highest BCUT2D eigenvalue weighted by Crippen LogP contribution is 2.33. The van der Waals surface area contributed by atoms with Crippen molar-refractivity contribution in [2.45, 2.75) is 104 Å². The van der Waals surface area contributed by atoms with E-state index in [0.717, 1.165) is 30.9 Å². The number of aryl methyl sites for hydroxylation is 1. The van der Waals surface area contributed by atoms with E-state index in [1.165, 1.54) is 70.6 Å². The van der Waals surface area contributed by atoms with Gasteiger partial charge in [0, 0.05) is 5.69 Å². The van der Waals surface area contributed by atoms with Crippen LogP contribution in [0.1, 0.15) is 103 Å². The number of nitrogens with zero attached hydrogens (tertiary/aromatic N) is 1. The highest BCUT2D eigenvalue weighted by molar-refractivity contribution is 5.75. The number of unbranched alkanes of at least 4 members (excludes halogenated alkanes) is 7. The molecule has 0 atom stereocenters. The number of carbonyl (C=O) groups is 1. The van der Waals surface area contributed by atoms with Crippen LogP contribution in [0.3, 0.4) is 0 Å². The van der Waals surface area contributed by atoms with Crippen molar-refractivity contribution >= 4 is 5.97 Å². The number of carbonyl (C=O) groups excluding carboxylic acids is 1. The van der Waals surface area contributed by atoms with E-state index in [1.54, 1.807) is 6.20 Å². The van der Waals surface area contributed by atoms with Gasteiger partial charge < -0.3 is 4.74 Å². The highest BCUT2D eigenvalue weighted by Gasteiger charge is 2.27. The lowest BCUT2D eigenvalue weighted by molar-refractivity contribution is -0.140. The fourth-order valence-electron chi connectivity index (χ4n) is 4.13. The molecule has 152 valence electrons. The van der Waals surface area contributed by atoms with E-state index in [9.17, 15) is 4.79 Å². The Morgan fingerprint density at radius 2 is 1.63 bits per heavy atom. The van der Waals surface area contributed by atoms with Crippen LogP contribution >= 0.6 is 0 Å². The number of hydrogen-bond donors (Lipinski definition) is 0. The molecular weight excluding hydrogens is 334 g/mol. The summed E-state index contributed by atoms with van der Waals surface area (Å²) in [5, 5.41) is 0. The second-order valence-electron chi connectivity index (χ2n) is 8.24. The highest BCUT2D eigenvalue weighted by atomic mass is 16.5. The maximum atomic E-state index is 12.4. The second-order valence-corrected chi connectivity index (χ2v) is 8.24. The number of pyridine rings is 1. The minimum Gasteiger partial charge on any atom is -0.425 e. The summed E-state index contributed by atoms with van der Waals surface area (Å²) in [4.78, 5) is 16.7. The van der Waals surface area contributed by atoms with Crippen LogP contribution in [0.5, 0.6) is 5.75 Å². The predicted molar refractivity (Wildman–Crippen MR) is 112 cm³/mol. The maximum absolute atomic E-state index is 12.4. The van der Waals surface area contributed by atoms with Gasteiger partial charge in [0.1, 0.15) is 5.75 Å². The summed E-state index contributed by atoms with van der Waals surface area (Å²) in [6, 6.07) is 3.79. The molecule has 1 aliphatic rings. The molecule has 0 bridgehead atoms. The molecule has 0 unspecified atom stereocenters. The first-order chi connectivity index (χ1) is 13.2. The molecule has 1 saturated carbocycles. The van der Waals surface area contributed by atoms with Gasteiger partial charge in [0.2, 0.25) is 0 Å². The van der Waals surface area contributed by atoms with Gasteiger partial charge in [0.15, 0.2) is 0 Å². The SMILES string of the molecule is CCCCCCCCCCC1CCC(C(=O)Oc2ccc(CC)nc2)CC1. The molecule has 1 fully saturated rings. The molecule has 0 spiro atoms. The Hall–Kier alpha value is -1.38. The minimum atomic E-state index is -0.0634. The maximum Gasteiger partial charge on any atom is 0.314 e. The molecule has 0 aromatic carbocycles. The lowest BCUT2D eigenvalue weighted by Crippen LogP contribution is -2.25. The molecule has 0 aliphatic heterocycles. The first-order valence-corrected chi connectivity index (χ1v) is 11.4. The van der Waals surface area contributed by atoms with Gasteiger partial charge in [-0.25, -0.2) is 0 Å². The molecular formula is C24H39NO2. The van der Waals surface area contributed by atoms with Crippen LogP contribution in [0, 0.1) is 11.8 Å². The number of rotatable bonds is 12. The van der Waals surface area contributed by atoms with Gasteiger partial charge in [-0.3, -0.25) is 9.78 Å². The van der Waals surface area contributed by atoms with Crippen LogP contribution in [0.4, 0.5) is 0 Å². The van der Waals surface area contributed by atoms with Gasteiger partial charge >= 0.3 is 5.97 Å². The standard InChI is InChI=1S/C24H39NO2/c1-3-5-6-7-8-9-10-11-12-20-13-15-21(16-14-20)24(26)27-23-18-17-22(4-2)25-19-23/h17-21H,3-16H2,1-2H3. The van der Waals surface area contributed by atoms with E-state index in [1.807, 2.05) is 12.1 Å². The Balaban J connectivity index is 1.55. The van der Waals surface area contributed by atoms with Gasteiger partial charge in [-0.15, -0.1) is 0 Å². The average Bonchev–Trinajstić information content (AvgIpc) is 2.71. The number of aromatic nitrogens is 1. The second kappa shape index (κ2) is 12.9. The van der Waals surface area contributed by atoms with Crippen LogP contribution in [0.25, 0.3) is 0 Å². The van der Waals surface area contributed by atoms with Gasteiger partial charge in [-0.05, 0) is 50.2 Å². The van der Waals surface area contributed by atoms with E-state index in [-0.39, 0.29) is 11.9 Å². The molecule has 0 saturated heterocycles. The molecule has 1 aromatic heterocycles. The zero-order valence-corrected chi connectivity index (χ0v) is 17.5. The molecule has 3 heteroatoms. The van der Waals surface area contributed by atoms with E-state index in [0.29, 0.717) is 5.75 Å². The van der Waals surface area contributed by atoms with E-state index in [2.05, 4.69) is 18.8 Å². The molecule has 3 nitrogen and oxygen atoms in total. The van der Waals surface area contributed by atoms with E-state index < -0.39 is 0 Å². The van der Waals surface area contributed by atoms with Crippen molar-refractivity contribution in [3.63, 3.8) is 0 Å². The van der Waals surface area contributed by atoms with Gasteiger partial charge in [0.05, 0.1) is 12.1 Å². The summed E-state index contributed by atoms with van der Waals surface area (Å²) in [6.07, 6.45) is 19.4.